The molecule has 2 N–H and O–H groups in total. The van der Waals surface area contributed by atoms with Crippen molar-refractivity contribution < 1.29 is 14.7 Å². The van der Waals surface area contributed by atoms with Gasteiger partial charge >= 0.3 is 5.97 Å². The van der Waals surface area contributed by atoms with E-state index in [1.165, 1.54) is 0 Å². The highest BCUT2D eigenvalue weighted by Crippen LogP contribution is 2.21. The lowest BCUT2D eigenvalue weighted by molar-refractivity contribution is -0.143. The molecule has 120 valence electrons. The number of amides is 1. The van der Waals surface area contributed by atoms with Crippen molar-refractivity contribution in [3.63, 3.8) is 0 Å². The summed E-state index contributed by atoms with van der Waals surface area (Å²) in [6, 6.07) is 14.8. The van der Waals surface area contributed by atoms with Crippen LogP contribution in [0.1, 0.15) is 17.5 Å². The van der Waals surface area contributed by atoms with Gasteiger partial charge in [-0.3, -0.25) is 9.59 Å². The van der Waals surface area contributed by atoms with Crippen LogP contribution in [0.25, 0.3) is 0 Å². The average Bonchev–Trinajstić information content (AvgIpc) is 2.51. The van der Waals surface area contributed by atoms with E-state index in [1.807, 2.05) is 43.3 Å². The standard InChI is InChI=1S/C18H18BrNO3/c1-12-7-8-15(11-16(12)19)20-17(21)10-14(18(22)23)9-13-5-3-2-4-6-13/h2-8,11,14H,9-10H2,1H3,(H,20,21)(H,22,23). The maximum Gasteiger partial charge on any atom is 0.307 e. The van der Waals surface area contributed by atoms with Gasteiger partial charge in [0.2, 0.25) is 5.91 Å². The number of aliphatic carboxylic acids is 1. The minimum absolute atomic E-state index is 0.0598. The van der Waals surface area contributed by atoms with Gasteiger partial charge in [-0.25, -0.2) is 0 Å². The normalized spacial score (nSPS) is 11.7. The number of benzene rings is 2. The molecule has 0 aliphatic carbocycles. The highest BCUT2D eigenvalue weighted by molar-refractivity contribution is 9.10. The van der Waals surface area contributed by atoms with Crippen LogP contribution in [-0.4, -0.2) is 17.0 Å². The molecule has 1 amide bonds. The Bertz CT molecular complexity index is 701. The Kier molecular flexibility index (Phi) is 5.93. The van der Waals surface area contributed by atoms with Crippen LogP contribution >= 0.6 is 15.9 Å². The highest BCUT2D eigenvalue weighted by atomic mass is 79.9. The summed E-state index contributed by atoms with van der Waals surface area (Å²) in [7, 11) is 0. The van der Waals surface area contributed by atoms with Crippen LogP contribution in [0.3, 0.4) is 0 Å². The summed E-state index contributed by atoms with van der Waals surface area (Å²) in [6.07, 6.45) is 0.275. The van der Waals surface area contributed by atoms with Crippen molar-refractivity contribution in [2.45, 2.75) is 19.8 Å². The number of hydrogen-bond acceptors (Lipinski definition) is 2. The zero-order valence-corrected chi connectivity index (χ0v) is 14.3. The number of hydrogen-bond donors (Lipinski definition) is 2. The zero-order chi connectivity index (χ0) is 16.8. The van der Waals surface area contributed by atoms with E-state index in [-0.39, 0.29) is 12.3 Å². The van der Waals surface area contributed by atoms with Gasteiger partial charge < -0.3 is 10.4 Å². The second-order valence-electron chi connectivity index (χ2n) is 5.44. The van der Waals surface area contributed by atoms with Gasteiger partial charge in [-0.15, -0.1) is 0 Å². The zero-order valence-electron chi connectivity index (χ0n) is 12.8. The van der Waals surface area contributed by atoms with Crippen molar-refractivity contribution in [1.82, 2.24) is 0 Å². The van der Waals surface area contributed by atoms with Gasteiger partial charge in [-0.2, -0.15) is 0 Å². The third-order valence-electron chi connectivity index (χ3n) is 3.56. The number of carboxylic acids is 1. The quantitative estimate of drug-likeness (QED) is 0.800. The third-order valence-corrected chi connectivity index (χ3v) is 4.42. The predicted molar refractivity (Wildman–Crippen MR) is 93.4 cm³/mol. The molecule has 0 fully saturated rings. The number of nitrogens with one attached hydrogen (secondary N) is 1. The van der Waals surface area contributed by atoms with Crippen molar-refractivity contribution in [2.75, 3.05) is 5.32 Å². The summed E-state index contributed by atoms with van der Waals surface area (Å²) >= 11 is 3.41. The molecule has 0 heterocycles. The Morgan fingerprint density at radius 1 is 1.17 bits per heavy atom. The Balaban J connectivity index is 2.00. The molecule has 2 rings (SSSR count). The van der Waals surface area contributed by atoms with Gasteiger partial charge in [0, 0.05) is 16.6 Å². The minimum Gasteiger partial charge on any atom is -0.481 e. The Labute approximate surface area is 143 Å². The molecular weight excluding hydrogens is 358 g/mol. The average molecular weight is 376 g/mol. The summed E-state index contributed by atoms with van der Waals surface area (Å²) in [5.74, 6) is -2.01. The fourth-order valence-electron chi connectivity index (χ4n) is 2.25. The van der Waals surface area contributed by atoms with Crippen LogP contribution < -0.4 is 5.32 Å². The van der Waals surface area contributed by atoms with E-state index >= 15 is 0 Å². The molecule has 0 radical (unpaired) electrons. The highest BCUT2D eigenvalue weighted by Gasteiger charge is 2.21. The van der Waals surface area contributed by atoms with Crippen LogP contribution in [0.2, 0.25) is 0 Å². The number of rotatable bonds is 6. The monoisotopic (exact) mass is 375 g/mol. The van der Waals surface area contributed by atoms with Crippen LogP contribution in [0.4, 0.5) is 5.69 Å². The summed E-state index contributed by atoms with van der Waals surface area (Å²) < 4.78 is 0.898. The van der Waals surface area contributed by atoms with Crippen molar-refractivity contribution in [1.29, 1.82) is 0 Å². The van der Waals surface area contributed by atoms with Gasteiger partial charge in [0.05, 0.1) is 5.92 Å². The van der Waals surface area contributed by atoms with Crippen molar-refractivity contribution in [3.8, 4) is 0 Å². The molecule has 0 aromatic heterocycles. The van der Waals surface area contributed by atoms with Crippen molar-refractivity contribution in [2.24, 2.45) is 5.92 Å². The number of anilines is 1. The lowest BCUT2D eigenvalue weighted by atomic mass is 9.96. The smallest absolute Gasteiger partial charge is 0.307 e. The maximum absolute atomic E-state index is 12.1. The number of carbonyl (C=O) groups is 2. The van der Waals surface area contributed by atoms with E-state index in [1.54, 1.807) is 12.1 Å². The maximum atomic E-state index is 12.1. The van der Waals surface area contributed by atoms with Crippen LogP contribution in [0.15, 0.2) is 53.0 Å². The first kappa shape index (κ1) is 17.2. The largest absolute Gasteiger partial charge is 0.481 e. The summed E-state index contributed by atoms with van der Waals surface area (Å²) in [5.41, 5.74) is 2.62. The van der Waals surface area contributed by atoms with E-state index in [0.29, 0.717) is 12.1 Å². The lowest BCUT2D eigenvalue weighted by Gasteiger charge is -2.13. The summed E-state index contributed by atoms with van der Waals surface area (Å²) in [6.45, 7) is 1.95. The summed E-state index contributed by atoms with van der Waals surface area (Å²) in [4.78, 5) is 23.5. The van der Waals surface area contributed by atoms with Crippen LogP contribution in [-0.2, 0) is 16.0 Å². The Morgan fingerprint density at radius 2 is 1.87 bits per heavy atom. The first-order valence-electron chi connectivity index (χ1n) is 7.28. The second-order valence-corrected chi connectivity index (χ2v) is 6.30. The molecule has 1 unspecified atom stereocenters. The lowest BCUT2D eigenvalue weighted by Crippen LogP contribution is -2.24. The number of carboxylic acid groups (broad SMARTS) is 1. The van der Waals surface area contributed by atoms with Gasteiger partial charge in [-0.05, 0) is 36.6 Å². The van der Waals surface area contributed by atoms with Crippen molar-refractivity contribution >= 4 is 33.5 Å². The molecule has 0 spiro atoms. The third kappa shape index (κ3) is 5.21. The molecule has 0 saturated heterocycles. The van der Waals surface area contributed by atoms with Gasteiger partial charge in [0.1, 0.15) is 0 Å². The molecule has 0 aliphatic rings. The Hall–Kier alpha value is -2.14. The second kappa shape index (κ2) is 7.92. The molecule has 1 atom stereocenters. The number of halogens is 1. The molecule has 4 nitrogen and oxygen atoms in total. The Morgan fingerprint density at radius 3 is 2.48 bits per heavy atom. The number of carbonyl (C=O) groups excluding carboxylic acids is 1. The topological polar surface area (TPSA) is 66.4 Å². The molecule has 0 aliphatic heterocycles. The van der Waals surface area contributed by atoms with Gasteiger partial charge in [0.15, 0.2) is 0 Å². The minimum atomic E-state index is -0.964. The van der Waals surface area contributed by atoms with E-state index in [2.05, 4.69) is 21.2 Å². The predicted octanol–water partition coefficient (Wildman–Crippen LogP) is 4.03. The fourth-order valence-corrected chi connectivity index (χ4v) is 2.63. The number of aryl methyl sites for hydroxylation is 1. The SMILES string of the molecule is Cc1ccc(NC(=O)CC(Cc2ccccc2)C(=O)O)cc1Br. The van der Waals surface area contributed by atoms with E-state index in [9.17, 15) is 14.7 Å². The van der Waals surface area contributed by atoms with E-state index < -0.39 is 11.9 Å². The fraction of sp³-hybridized carbons (Fsp3) is 0.222. The molecular formula is C18H18BrNO3. The summed E-state index contributed by atoms with van der Waals surface area (Å²) in [5, 5.41) is 12.1. The van der Waals surface area contributed by atoms with Gasteiger partial charge in [0.25, 0.3) is 0 Å². The van der Waals surface area contributed by atoms with E-state index in [0.717, 1.165) is 15.6 Å². The van der Waals surface area contributed by atoms with Crippen molar-refractivity contribution in [3.05, 3.63) is 64.1 Å². The first-order valence-corrected chi connectivity index (χ1v) is 8.07. The van der Waals surface area contributed by atoms with Crippen LogP contribution in [0.5, 0.6) is 0 Å². The molecule has 0 saturated carbocycles. The molecule has 5 heteroatoms. The molecule has 0 bridgehead atoms. The molecule has 23 heavy (non-hydrogen) atoms. The molecule has 2 aromatic carbocycles. The molecule has 2 aromatic rings. The van der Waals surface area contributed by atoms with Crippen LogP contribution in [0, 0.1) is 12.8 Å². The van der Waals surface area contributed by atoms with Gasteiger partial charge in [-0.1, -0.05) is 52.3 Å². The first-order chi connectivity index (χ1) is 11.0. The van der Waals surface area contributed by atoms with E-state index in [4.69, 9.17) is 0 Å².